The Labute approximate surface area is 158 Å². The molecule has 1 atom stereocenters. The summed E-state index contributed by atoms with van der Waals surface area (Å²) in [6.07, 6.45) is 6.52. The lowest BCUT2D eigenvalue weighted by atomic mass is 9.48. The molecule has 2 N–H and O–H groups in total. The lowest BCUT2D eigenvalue weighted by Crippen LogP contribution is -2.59. The number of unbranched alkanes of at least 4 members (excludes halogenated alkanes) is 5. The van der Waals surface area contributed by atoms with Crippen LogP contribution < -0.4 is 0 Å². The summed E-state index contributed by atoms with van der Waals surface area (Å²) in [5.41, 5.74) is -2.84. The van der Waals surface area contributed by atoms with Crippen molar-refractivity contribution in [1.29, 1.82) is 0 Å². The van der Waals surface area contributed by atoms with Gasteiger partial charge >= 0.3 is 11.9 Å². The Morgan fingerprint density at radius 2 is 1.27 bits per heavy atom. The lowest BCUT2D eigenvalue weighted by Gasteiger charge is -2.53. The highest BCUT2D eigenvalue weighted by atomic mass is 17.1. The van der Waals surface area contributed by atoms with Crippen molar-refractivity contribution in [3.8, 4) is 0 Å². The van der Waals surface area contributed by atoms with Crippen molar-refractivity contribution in [2.45, 2.75) is 93.4 Å². The molecule has 0 bridgehead atoms. The van der Waals surface area contributed by atoms with E-state index in [0.717, 1.165) is 32.1 Å². The van der Waals surface area contributed by atoms with E-state index >= 15 is 0 Å². The molecule has 0 fully saturated rings. The van der Waals surface area contributed by atoms with Gasteiger partial charge < -0.3 is 9.78 Å². The Kier molecular flexibility index (Phi) is 9.81. The van der Waals surface area contributed by atoms with Crippen LogP contribution in [-0.4, -0.2) is 22.5 Å². The van der Waals surface area contributed by atoms with Crippen LogP contribution in [0.5, 0.6) is 0 Å². The molecule has 0 aliphatic carbocycles. The molecular formula is C20H38O6. The minimum absolute atomic E-state index is 0.370. The highest BCUT2D eigenvalue weighted by Crippen LogP contribution is 2.58. The first-order valence-corrected chi connectivity index (χ1v) is 9.62. The van der Waals surface area contributed by atoms with E-state index in [2.05, 4.69) is 16.7 Å². The molecule has 0 aromatic rings. The van der Waals surface area contributed by atoms with Crippen LogP contribution >= 0.6 is 0 Å². The summed E-state index contributed by atoms with van der Waals surface area (Å²) in [4.78, 5) is 33.5. The second kappa shape index (κ2) is 10.3. The summed E-state index contributed by atoms with van der Waals surface area (Å²) in [6, 6.07) is 0. The molecule has 0 spiro atoms. The zero-order valence-electron chi connectivity index (χ0n) is 17.6. The van der Waals surface area contributed by atoms with Gasteiger partial charge in [-0.1, -0.05) is 87.0 Å². The topological polar surface area (TPSA) is 93.1 Å². The van der Waals surface area contributed by atoms with E-state index < -0.39 is 34.1 Å². The van der Waals surface area contributed by atoms with Crippen LogP contribution in [0.1, 0.15) is 93.4 Å². The third-order valence-electron chi connectivity index (χ3n) is 5.51. The third-order valence-corrected chi connectivity index (χ3v) is 5.51. The van der Waals surface area contributed by atoms with Crippen molar-refractivity contribution in [2.75, 3.05) is 0 Å². The maximum absolute atomic E-state index is 12.8. The predicted octanol–water partition coefficient (Wildman–Crippen LogP) is 5.46. The molecule has 1 unspecified atom stereocenters. The second-order valence-corrected chi connectivity index (χ2v) is 9.21. The van der Waals surface area contributed by atoms with Crippen LogP contribution in [-0.2, 0) is 19.4 Å². The maximum atomic E-state index is 12.8. The normalized spacial score (nSPS) is 14.0. The van der Waals surface area contributed by atoms with Gasteiger partial charge in [-0.3, -0.25) is 0 Å². The lowest BCUT2D eigenvalue weighted by molar-refractivity contribution is -0.275. The second-order valence-electron chi connectivity index (χ2n) is 9.21. The largest absolute Gasteiger partial charge is 0.350 e. The summed E-state index contributed by atoms with van der Waals surface area (Å²) < 4.78 is 0. The van der Waals surface area contributed by atoms with Crippen LogP contribution in [0, 0.1) is 22.2 Å². The zero-order chi connectivity index (χ0) is 20.6. The molecule has 0 amide bonds. The van der Waals surface area contributed by atoms with E-state index in [-0.39, 0.29) is 0 Å². The van der Waals surface area contributed by atoms with Crippen LogP contribution in [0.25, 0.3) is 0 Å². The monoisotopic (exact) mass is 374 g/mol. The average molecular weight is 375 g/mol. The number of hydrogen-bond donors (Lipinski definition) is 2. The first-order valence-electron chi connectivity index (χ1n) is 9.62. The fourth-order valence-corrected chi connectivity index (χ4v) is 4.70. The Morgan fingerprint density at radius 3 is 1.65 bits per heavy atom. The summed E-state index contributed by atoms with van der Waals surface area (Å²) >= 11 is 0. The van der Waals surface area contributed by atoms with Gasteiger partial charge in [0.25, 0.3) is 0 Å². The van der Waals surface area contributed by atoms with Gasteiger partial charge in [-0.05, 0) is 17.3 Å². The highest BCUT2D eigenvalue weighted by Gasteiger charge is 2.64. The van der Waals surface area contributed by atoms with Crippen molar-refractivity contribution in [3.05, 3.63) is 0 Å². The Morgan fingerprint density at radius 1 is 0.808 bits per heavy atom. The smallest absolute Gasteiger partial charge is 0.301 e. The molecule has 0 rings (SSSR count). The SMILES string of the molecule is CCCCCCCCC(C(=O)OO)C(C(=O)OO)(C(C)(C)C)C(C)(C)C. The van der Waals surface area contributed by atoms with Crippen LogP contribution in [0.3, 0.4) is 0 Å². The predicted molar refractivity (Wildman–Crippen MR) is 100 cm³/mol. The van der Waals surface area contributed by atoms with Gasteiger partial charge in [0.1, 0.15) is 0 Å². The molecule has 0 saturated carbocycles. The van der Waals surface area contributed by atoms with Crippen molar-refractivity contribution >= 4 is 11.9 Å². The van der Waals surface area contributed by atoms with Gasteiger partial charge in [0, 0.05) is 0 Å². The molecule has 0 radical (unpaired) electrons. The fraction of sp³-hybridized carbons (Fsp3) is 0.900. The van der Waals surface area contributed by atoms with E-state index in [4.69, 9.17) is 5.26 Å². The molecule has 26 heavy (non-hydrogen) atoms. The van der Waals surface area contributed by atoms with Gasteiger partial charge in [0.2, 0.25) is 0 Å². The van der Waals surface area contributed by atoms with E-state index in [0.29, 0.717) is 6.42 Å². The fourth-order valence-electron chi connectivity index (χ4n) is 4.70. The molecule has 0 aromatic carbocycles. The molecule has 6 nitrogen and oxygen atoms in total. The van der Waals surface area contributed by atoms with E-state index in [1.54, 1.807) is 0 Å². The van der Waals surface area contributed by atoms with E-state index in [9.17, 15) is 14.8 Å². The molecular weight excluding hydrogens is 336 g/mol. The summed E-state index contributed by atoms with van der Waals surface area (Å²) in [6.45, 7) is 13.1. The minimum atomic E-state index is -1.38. The Hall–Kier alpha value is -1.14. The first-order chi connectivity index (χ1) is 11.9. The van der Waals surface area contributed by atoms with Gasteiger partial charge in [0.05, 0.1) is 11.3 Å². The summed E-state index contributed by atoms with van der Waals surface area (Å²) in [7, 11) is 0. The number of carbonyl (C=O) groups excluding carboxylic acids is 2. The summed E-state index contributed by atoms with van der Waals surface area (Å²) in [5, 5.41) is 18.3. The van der Waals surface area contributed by atoms with Crippen molar-refractivity contribution in [1.82, 2.24) is 0 Å². The number of carbonyl (C=O) groups is 2. The van der Waals surface area contributed by atoms with Gasteiger partial charge in [-0.2, -0.15) is 10.5 Å². The maximum Gasteiger partial charge on any atom is 0.350 e. The quantitative estimate of drug-likeness (QED) is 0.299. The molecule has 6 heteroatoms. The van der Waals surface area contributed by atoms with Gasteiger partial charge in [0.15, 0.2) is 0 Å². The summed E-state index contributed by atoms with van der Waals surface area (Å²) in [5.74, 6) is -2.67. The van der Waals surface area contributed by atoms with E-state index in [1.165, 1.54) is 6.42 Å². The molecule has 154 valence electrons. The van der Waals surface area contributed by atoms with Crippen LogP contribution in [0.15, 0.2) is 0 Å². The molecule has 0 heterocycles. The first kappa shape index (κ1) is 24.9. The van der Waals surface area contributed by atoms with E-state index in [1.807, 2.05) is 41.5 Å². The Bertz CT molecular complexity index is 430. The number of rotatable bonds is 10. The third kappa shape index (κ3) is 5.43. The molecule has 0 aliphatic rings. The standard InChI is InChI=1S/C20H38O6/c1-8-9-10-11-12-13-14-15(16(21)25-23)20(17(22)26-24,18(2,3)4)19(5,6)7/h15,23-24H,8-14H2,1-7H3. The van der Waals surface area contributed by atoms with Crippen LogP contribution in [0.2, 0.25) is 0 Å². The van der Waals surface area contributed by atoms with Gasteiger partial charge in [-0.25, -0.2) is 9.59 Å². The molecule has 0 aliphatic heterocycles. The Balaban J connectivity index is 5.83. The van der Waals surface area contributed by atoms with Crippen LogP contribution in [0.4, 0.5) is 0 Å². The van der Waals surface area contributed by atoms with Crippen molar-refractivity contribution in [3.63, 3.8) is 0 Å². The van der Waals surface area contributed by atoms with Gasteiger partial charge in [-0.15, -0.1) is 0 Å². The molecule has 0 saturated heterocycles. The highest BCUT2D eigenvalue weighted by molar-refractivity contribution is 5.86. The minimum Gasteiger partial charge on any atom is -0.301 e. The number of hydrogen-bond acceptors (Lipinski definition) is 6. The zero-order valence-corrected chi connectivity index (χ0v) is 17.6. The van der Waals surface area contributed by atoms with Crippen molar-refractivity contribution < 1.29 is 29.9 Å². The van der Waals surface area contributed by atoms with Crippen molar-refractivity contribution in [2.24, 2.45) is 22.2 Å². The average Bonchev–Trinajstić information content (AvgIpc) is 2.53. The molecule has 0 aromatic heterocycles.